The molecule has 1 atom stereocenters. The van der Waals surface area contributed by atoms with Crippen molar-refractivity contribution in [2.75, 3.05) is 17.3 Å². The predicted octanol–water partition coefficient (Wildman–Crippen LogP) is 2.22. The Morgan fingerprint density at radius 2 is 2.05 bits per heavy atom. The second kappa shape index (κ2) is 4.81. The van der Waals surface area contributed by atoms with Crippen LogP contribution >= 0.6 is 0 Å². The average Bonchev–Trinajstić information content (AvgIpc) is 2.33. The molecule has 0 aliphatic carbocycles. The third kappa shape index (κ3) is 2.61. The first-order valence-corrected chi connectivity index (χ1v) is 6.60. The highest BCUT2D eigenvalue weighted by atomic mass is 16.4. The Morgan fingerprint density at radius 3 is 2.60 bits per heavy atom. The molecule has 0 saturated carbocycles. The summed E-state index contributed by atoms with van der Waals surface area (Å²) in [4.78, 5) is 24.5. The molecule has 1 aliphatic heterocycles. The van der Waals surface area contributed by atoms with E-state index in [1.54, 1.807) is 7.05 Å². The number of carbonyl (C=O) groups excluding carboxylic acids is 1. The van der Waals surface area contributed by atoms with Crippen LogP contribution < -0.4 is 10.2 Å². The highest BCUT2D eigenvalue weighted by Crippen LogP contribution is 2.35. The number of carboxylic acid groups (broad SMARTS) is 1. The lowest BCUT2D eigenvalue weighted by Gasteiger charge is -2.33. The number of amides is 1. The van der Waals surface area contributed by atoms with Crippen LogP contribution in [-0.4, -0.2) is 30.1 Å². The average molecular weight is 276 g/mol. The number of hydrogen-bond donors (Lipinski definition) is 2. The summed E-state index contributed by atoms with van der Waals surface area (Å²) in [6, 6.07) is 5.20. The van der Waals surface area contributed by atoms with Crippen molar-refractivity contribution in [3.8, 4) is 0 Å². The molecular weight excluding hydrogens is 256 g/mol. The van der Waals surface area contributed by atoms with Crippen LogP contribution in [-0.2, 0) is 15.0 Å². The first-order valence-electron chi connectivity index (χ1n) is 6.60. The molecular formula is C15H20N2O3. The van der Waals surface area contributed by atoms with Crippen molar-refractivity contribution in [1.82, 2.24) is 0 Å². The molecule has 1 unspecified atom stereocenters. The Labute approximate surface area is 118 Å². The third-order valence-corrected chi connectivity index (χ3v) is 3.56. The summed E-state index contributed by atoms with van der Waals surface area (Å²) in [5.74, 6) is -1.20. The van der Waals surface area contributed by atoms with Crippen LogP contribution in [0.2, 0.25) is 0 Å². The fourth-order valence-electron chi connectivity index (χ4n) is 2.31. The summed E-state index contributed by atoms with van der Waals surface area (Å²) < 4.78 is 0. The predicted molar refractivity (Wildman–Crippen MR) is 78.2 cm³/mol. The molecule has 5 nitrogen and oxygen atoms in total. The van der Waals surface area contributed by atoms with Gasteiger partial charge in [0.2, 0.25) is 5.91 Å². The number of aliphatic carboxylic acids is 1. The number of carboxylic acids is 1. The fourth-order valence-corrected chi connectivity index (χ4v) is 2.31. The Balaban J connectivity index is 2.39. The quantitative estimate of drug-likeness (QED) is 0.869. The summed E-state index contributed by atoms with van der Waals surface area (Å²) >= 11 is 0. The monoisotopic (exact) mass is 276 g/mol. The lowest BCUT2D eigenvalue weighted by molar-refractivity contribution is -0.138. The van der Waals surface area contributed by atoms with E-state index in [0.717, 1.165) is 16.9 Å². The van der Waals surface area contributed by atoms with Crippen LogP contribution in [0, 0.1) is 0 Å². The van der Waals surface area contributed by atoms with Crippen LogP contribution in [0.25, 0.3) is 0 Å². The first kappa shape index (κ1) is 14.4. The van der Waals surface area contributed by atoms with E-state index < -0.39 is 12.0 Å². The zero-order chi connectivity index (χ0) is 15.1. The van der Waals surface area contributed by atoms with E-state index in [0.29, 0.717) is 0 Å². The van der Waals surface area contributed by atoms with Crippen LogP contribution in [0.15, 0.2) is 18.2 Å². The maximum Gasteiger partial charge on any atom is 0.305 e. The van der Waals surface area contributed by atoms with Gasteiger partial charge in [-0.1, -0.05) is 26.8 Å². The molecule has 2 N–H and O–H groups in total. The Kier molecular flexibility index (Phi) is 3.46. The minimum Gasteiger partial charge on any atom is -0.481 e. The van der Waals surface area contributed by atoms with Gasteiger partial charge in [0.1, 0.15) is 6.04 Å². The third-order valence-electron chi connectivity index (χ3n) is 3.56. The molecule has 2 rings (SSSR count). The second-order valence-electron chi connectivity index (χ2n) is 6.17. The van der Waals surface area contributed by atoms with Crippen molar-refractivity contribution in [2.45, 2.75) is 38.6 Å². The van der Waals surface area contributed by atoms with Crippen molar-refractivity contribution in [1.29, 1.82) is 0 Å². The normalized spacial score (nSPS) is 18.5. The van der Waals surface area contributed by atoms with Crippen molar-refractivity contribution < 1.29 is 14.7 Å². The van der Waals surface area contributed by atoms with Gasteiger partial charge in [-0.2, -0.15) is 0 Å². The number of rotatable bonds is 2. The number of likely N-dealkylation sites (N-methyl/N-ethyl adjacent to an activating group) is 1. The molecule has 1 aromatic carbocycles. The summed E-state index contributed by atoms with van der Waals surface area (Å²) in [5.41, 5.74) is 2.72. The van der Waals surface area contributed by atoms with E-state index in [4.69, 9.17) is 5.11 Å². The van der Waals surface area contributed by atoms with Gasteiger partial charge in [0.05, 0.1) is 17.8 Å². The highest BCUT2D eigenvalue weighted by Gasteiger charge is 2.32. The van der Waals surface area contributed by atoms with Gasteiger partial charge in [0.25, 0.3) is 0 Å². The summed E-state index contributed by atoms with van der Waals surface area (Å²) in [7, 11) is 1.68. The zero-order valence-electron chi connectivity index (χ0n) is 12.2. The number of benzene rings is 1. The minimum atomic E-state index is -0.987. The topological polar surface area (TPSA) is 69.6 Å². The van der Waals surface area contributed by atoms with Crippen LogP contribution in [0.1, 0.15) is 32.8 Å². The lowest BCUT2D eigenvalue weighted by atomic mass is 9.86. The van der Waals surface area contributed by atoms with Gasteiger partial charge >= 0.3 is 5.97 Å². The maximum absolute atomic E-state index is 12.2. The highest BCUT2D eigenvalue weighted by molar-refractivity contribution is 6.06. The second-order valence-corrected chi connectivity index (χ2v) is 6.17. The fraction of sp³-hybridized carbons (Fsp3) is 0.467. The van der Waals surface area contributed by atoms with E-state index in [-0.39, 0.29) is 17.7 Å². The van der Waals surface area contributed by atoms with Gasteiger partial charge in [-0.25, -0.2) is 0 Å². The Bertz CT molecular complexity index is 561. The molecule has 5 heteroatoms. The molecule has 0 fully saturated rings. The van der Waals surface area contributed by atoms with Crippen LogP contribution in [0.4, 0.5) is 11.4 Å². The molecule has 108 valence electrons. The van der Waals surface area contributed by atoms with Gasteiger partial charge in [0, 0.05) is 7.05 Å². The van der Waals surface area contributed by atoms with E-state index in [1.165, 1.54) is 4.90 Å². The number of anilines is 2. The summed E-state index contributed by atoms with van der Waals surface area (Å²) in [6.45, 7) is 6.33. The SMILES string of the molecule is CN1C(=O)C(CC(=O)O)Nc2ccc(C(C)(C)C)cc21. The molecule has 1 aromatic rings. The molecule has 1 amide bonds. The number of carbonyl (C=O) groups is 2. The van der Waals surface area contributed by atoms with Gasteiger partial charge < -0.3 is 15.3 Å². The summed E-state index contributed by atoms with van der Waals surface area (Å²) in [6.07, 6.45) is -0.219. The van der Waals surface area contributed by atoms with Crippen molar-refractivity contribution in [3.05, 3.63) is 23.8 Å². The van der Waals surface area contributed by atoms with Crippen LogP contribution in [0.5, 0.6) is 0 Å². The molecule has 0 radical (unpaired) electrons. The molecule has 0 aromatic heterocycles. The molecule has 20 heavy (non-hydrogen) atoms. The van der Waals surface area contributed by atoms with Gasteiger partial charge in [-0.3, -0.25) is 9.59 Å². The Morgan fingerprint density at radius 1 is 1.40 bits per heavy atom. The van der Waals surface area contributed by atoms with Crippen LogP contribution in [0.3, 0.4) is 0 Å². The van der Waals surface area contributed by atoms with Gasteiger partial charge in [0.15, 0.2) is 0 Å². The Hall–Kier alpha value is -2.04. The minimum absolute atomic E-state index is 0.00314. The molecule has 1 heterocycles. The molecule has 1 aliphatic rings. The van der Waals surface area contributed by atoms with Gasteiger partial charge in [-0.05, 0) is 23.1 Å². The van der Waals surface area contributed by atoms with E-state index in [2.05, 4.69) is 26.1 Å². The standard InChI is InChI=1S/C15H20N2O3/c1-15(2,3)9-5-6-10-12(7-9)17(4)14(20)11(16-10)8-13(18)19/h5-7,11,16H,8H2,1-4H3,(H,18,19). The largest absolute Gasteiger partial charge is 0.481 e. The van der Waals surface area contributed by atoms with E-state index in [1.807, 2.05) is 18.2 Å². The van der Waals surface area contributed by atoms with Crippen molar-refractivity contribution in [2.24, 2.45) is 0 Å². The van der Waals surface area contributed by atoms with Crippen molar-refractivity contribution in [3.63, 3.8) is 0 Å². The maximum atomic E-state index is 12.2. The number of hydrogen-bond acceptors (Lipinski definition) is 3. The van der Waals surface area contributed by atoms with E-state index >= 15 is 0 Å². The zero-order valence-corrected chi connectivity index (χ0v) is 12.2. The van der Waals surface area contributed by atoms with E-state index in [9.17, 15) is 9.59 Å². The lowest BCUT2D eigenvalue weighted by Crippen LogP contribution is -2.46. The van der Waals surface area contributed by atoms with Crippen molar-refractivity contribution >= 4 is 23.3 Å². The molecule has 0 saturated heterocycles. The number of nitrogens with zero attached hydrogens (tertiary/aromatic N) is 1. The molecule has 0 bridgehead atoms. The number of nitrogens with one attached hydrogen (secondary N) is 1. The molecule has 0 spiro atoms. The smallest absolute Gasteiger partial charge is 0.305 e. The summed E-state index contributed by atoms with van der Waals surface area (Å²) in [5, 5.41) is 11.9. The number of fused-ring (bicyclic) bond motifs is 1. The first-order chi connectivity index (χ1) is 9.20. The van der Waals surface area contributed by atoms with Gasteiger partial charge in [-0.15, -0.1) is 0 Å².